The maximum Gasteiger partial charge on any atom is 0.410 e. The molecule has 3 atom stereocenters. The van der Waals surface area contributed by atoms with E-state index in [2.05, 4.69) is 18.5 Å². The molecule has 6 rings (SSSR count). The van der Waals surface area contributed by atoms with Crippen molar-refractivity contribution in [1.82, 2.24) is 19.6 Å². The monoisotopic (exact) mass is 602 g/mol. The number of amides is 2. The van der Waals surface area contributed by atoms with Crippen LogP contribution in [0.4, 0.5) is 18.0 Å². The van der Waals surface area contributed by atoms with E-state index >= 15 is 0 Å². The number of rotatable bonds is 2. The maximum atomic E-state index is 13.2. The second-order valence-corrected chi connectivity index (χ2v) is 14.3. The van der Waals surface area contributed by atoms with Crippen molar-refractivity contribution in [3.63, 3.8) is 0 Å². The Balaban J connectivity index is 1.27. The van der Waals surface area contributed by atoms with Crippen LogP contribution in [0.15, 0.2) is 24.3 Å². The first-order valence-corrected chi connectivity index (χ1v) is 15.2. The van der Waals surface area contributed by atoms with Gasteiger partial charge in [0.2, 0.25) is 5.91 Å². The molecule has 1 saturated carbocycles. The number of hydrogen-bond donors (Lipinski definition) is 0. The Bertz CT molecular complexity index is 1430. The summed E-state index contributed by atoms with van der Waals surface area (Å²) in [6.07, 6.45) is -2.42. The minimum Gasteiger partial charge on any atom is -0.482 e. The fraction of sp³-hybridized carbons (Fsp3) is 0.656. The van der Waals surface area contributed by atoms with E-state index in [9.17, 15) is 22.8 Å². The number of carbonyl (C=O) groups excluding carboxylic acids is 2. The molecule has 11 heteroatoms. The number of para-hydroxylation sites is 1. The Morgan fingerprint density at radius 1 is 1.07 bits per heavy atom. The molecule has 1 aliphatic carbocycles. The van der Waals surface area contributed by atoms with Crippen LogP contribution in [-0.2, 0) is 15.1 Å². The number of ether oxygens (including phenoxy) is 2. The van der Waals surface area contributed by atoms with Crippen molar-refractivity contribution in [3.8, 4) is 17.0 Å². The molecule has 1 aromatic heterocycles. The van der Waals surface area contributed by atoms with Crippen molar-refractivity contribution < 1.29 is 32.2 Å². The van der Waals surface area contributed by atoms with E-state index in [0.29, 0.717) is 45.3 Å². The Labute approximate surface area is 250 Å². The van der Waals surface area contributed by atoms with E-state index in [-0.39, 0.29) is 18.6 Å². The average molecular weight is 603 g/mol. The summed E-state index contributed by atoms with van der Waals surface area (Å²) >= 11 is 0. The van der Waals surface area contributed by atoms with E-state index in [1.54, 1.807) is 4.90 Å². The summed E-state index contributed by atoms with van der Waals surface area (Å²) in [6.45, 7) is 12.9. The topological polar surface area (TPSA) is 76.9 Å². The summed E-state index contributed by atoms with van der Waals surface area (Å²) in [6, 6.07) is 7.83. The van der Waals surface area contributed by atoms with Crippen LogP contribution < -0.4 is 4.74 Å². The summed E-state index contributed by atoms with van der Waals surface area (Å²) < 4.78 is 54.0. The molecule has 4 heterocycles. The number of likely N-dealkylation sites (tertiary alicyclic amines) is 2. The molecular weight excluding hydrogens is 561 g/mol. The van der Waals surface area contributed by atoms with Gasteiger partial charge >= 0.3 is 12.3 Å². The van der Waals surface area contributed by atoms with Crippen LogP contribution in [0.5, 0.6) is 5.75 Å². The summed E-state index contributed by atoms with van der Waals surface area (Å²) in [7, 11) is 0. The predicted octanol–water partition coefficient (Wildman–Crippen LogP) is 6.62. The third-order valence-corrected chi connectivity index (χ3v) is 9.58. The molecular formula is C32H41F3N4O4. The molecule has 2 amide bonds. The summed E-state index contributed by atoms with van der Waals surface area (Å²) in [5.41, 5.74) is 1.95. The lowest BCUT2D eigenvalue weighted by molar-refractivity contribution is -0.158. The number of aromatic nitrogens is 2. The number of carbonyl (C=O) groups is 2. The second kappa shape index (κ2) is 9.89. The first kappa shape index (κ1) is 29.8. The largest absolute Gasteiger partial charge is 0.482 e. The Morgan fingerprint density at radius 2 is 1.74 bits per heavy atom. The predicted molar refractivity (Wildman–Crippen MR) is 153 cm³/mol. The van der Waals surface area contributed by atoms with Crippen molar-refractivity contribution in [1.29, 1.82) is 0 Å². The number of benzene rings is 1. The van der Waals surface area contributed by atoms with Crippen molar-refractivity contribution in [3.05, 3.63) is 35.5 Å². The zero-order chi connectivity index (χ0) is 31.1. The standard InChI is InChI=1S/C32H41F3N4O4/c1-19-25-26(36-39(19)20-11-14-38(30(5,6)18-20)28(41)43-29(2,3)4)21-9-7-8-10-24(21)42-31(25)12-15-37(16-13-31)27(40)22-17-23(22)32(33,34)35/h7-10,20,22-23H,11-18H2,1-6H3/t20-,22+,23+/m1/s1. The van der Waals surface area contributed by atoms with Gasteiger partial charge in [-0.05, 0) is 72.9 Å². The normalized spacial score (nSPS) is 25.9. The van der Waals surface area contributed by atoms with E-state index in [4.69, 9.17) is 14.6 Å². The molecule has 4 aliphatic rings. The van der Waals surface area contributed by atoms with Crippen LogP contribution in [0.25, 0.3) is 11.3 Å². The van der Waals surface area contributed by atoms with E-state index in [0.717, 1.165) is 28.3 Å². The summed E-state index contributed by atoms with van der Waals surface area (Å²) in [4.78, 5) is 29.4. The van der Waals surface area contributed by atoms with Crippen molar-refractivity contribution in [2.24, 2.45) is 11.8 Å². The molecule has 0 N–H and O–H groups in total. The minimum absolute atomic E-state index is 0.0411. The molecule has 234 valence electrons. The van der Waals surface area contributed by atoms with Gasteiger partial charge in [-0.15, -0.1) is 0 Å². The summed E-state index contributed by atoms with van der Waals surface area (Å²) in [5, 5.41) is 5.19. The molecule has 1 aromatic carbocycles. The number of alkyl halides is 3. The molecule has 0 bridgehead atoms. The van der Waals surface area contributed by atoms with Crippen molar-refractivity contribution in [2.75, 3.05) is 19.6 Å². The molecule has 0 radical (unpaired) electrons. The molecule has 2 saturated heterocycles. The smallest absolute Gasteiger partial charge is 0.410 e. The molecule has 0 unspecified atom stereocenters. The highest BCUT2D eigenvalue weighted by Crippen LogP contribution is 2.54. The van der Waals surface area contributed by atoms with Crippen LogP contribution in [0.3, 0.4) is 0 Å². The minimum atomic E-state index is -4.33. The van der Waals surface area contributed by atoms with Gasteiger partial charge < -0.3 is 19.3 Å². The fourth-order valence-electron chi connectivity index (χ4n) is 7.36. The van der Waals surface area contributed by atoms with E-state index in [1.165, 1.54) is 0 Å². The SMILES string of the molecule is Cc1c2c(nn1[C@@H]1CCN(C(=O)OC(C)(C)C)C(C)(C)C1)-c1ccccc1OC21CCN(C(=O)[C@H]2C[C@@H]2C(F)(F)F)CC1. The Hall–Kier alpha value is -3.24. The van der Waals surface area contributed by atoms with E-state index in [1.807, 2.05) is 56.9 Å². The molecule has 2 aromatic rings. The highest BCUT2D eigenvalue weighted by Gasteiger charge is 2.60. The quantitative estimate of drug-likeness (QED) is 0.386. The number of piperidine rings is 2. The molecule has 3 fully saturated rings. The number of halogens is 3. The summed E-state index contributed by atoms with van der Waals surface area (Å²) in [5.74, 6) is -2.16. The highest BCUT2D eigenvalue weighted by molar-refractivity contribution is 5.82. The molecule has 3 aliphatic heterocycles. The van der Waals surface area contributed by atoms with Gasteiger partial charge in [-0.25, -0.2) is 4.79 Å². The highest BCUT2D eigenvalue weighted by atomic mass is 19.4. The van der Waals surface area contributed by atoms with Gasteiger partial charge in [0.05, 0.1) is 17.9 Å². The van der Waals surface area contributed by atoms with Gasteiger partial charge in [0.1, 0.15) is 22.6 Å². The van der Waals surface area contributed by atoms with Crippen LogP contribution >= 0.6 is 0 Å². The van der Waals surface area contributed by atoms with Crippen LogP contribution in [0, 0.1) is 18.8 Å². The average Bonchev–Trinajstić information content (AvgIpc) is 3.64. The zero-order valence-corrected chi connectivity index (χ0v) is 25.8. The zero-order valence-electron chi connectivity index (χ0n) is 25.8. The van der Waals surface area contributed by atoms with Gasteiger partial charge in [-0.3, -0.25) is 9.48 Å². The van der Waals surface area contributed by atoms with Gasteiger partial charge in [0.15, 0.2) is 0 Å². The lowest BCUT2D eigenvalue weighted by Gasteiger charge is -2.46. The lowest BCUT2D eigenvalue weighted by atomic mass is 9.79. The van der Waals surface area contributed by atoms with Crippen LogP contribution in [0.1, 0.15) is 84.0 Å². The molecule has 1 spiro atoms. The van der Waals surface area contributed by atoms with Gasteiger partial charge in [0.25, 0.3) is 0 Å². The van der Waals surface area contributed by atoms with Gasteiger partial charge in [-0.2, -0.15) is 18.3 Å². The van der Waals surface area contributed by atoms with Crippen LogP contribution in [-0.4, -0.2) is 68.5 Å². The van der Waals surface area contributed by atoms with E-state index < -0.39 is 40.7 Å². The number of fused-ring (bicyclic) bond motifs is 4. The first-order chi connectivity index (χ1) is 20.0. The molecule has 8 nitrogen and oxygen atoms in total. The lowest BCUT2D eigenvalue weighted by Crippen LogP contribution is -2.54. The van der Waals surface area contributed by atoms with Gasteiger partial charge in [0, 0.05) is 54.8 Å². The Kier molecular flexibility index (Phi) is 6.86. The third kappa shape index (κ3) is 5.26. The Morgan fingerprint density at radius 3 is 2.35 bits per heavy atom. The number of hydrogen-bond acceptors (Lipinski definition) is 5. The second-order valence-electron chi connectivity index (χ2n) is 14.3. The molecule has 43 heavy (non-hydrogen) atoms. The fourth-order valence-corrected chi connectivity index (χ4v) is 7.36. The van der Waals surface area contributed by atoms with Crippen molar-refractivity contribution >= 4 is 12.0 Å². The van der Waals surface area contributed by atoms with Crippen molar-refractivity contribution in [2.45, 2.75) is 103 Å². The maximum absolute atomic E-state index is 13.2. The van der Waals surface area contributed by atoms with Gasteiger partial charge in [-0.1, -0.05) is 12.1 Å². The van der Waals surface area contributed by atoms with Crippen LogP contribution in [0.2, 0.25) is 0 Å². The third-order valence-electron chi connectivity index (χ3n) is 9.58. The first-order valence-electron chi connectivity index (χ1n) is 15.2. The number of nitrogens with zero attached hydrogens (tertiary/aromatic N) is 4.